The van der Waals surface area contributed by atoms with E-state index in [1.807, 2.05) is 0 Å². The summed E-state index contributed by atoms with van der Waals surface area (Å²) in [6, 6.07) is 1.54. The Bertz CT molecular complexity index is 677. The smallest absolute Gasteiger partial charge is 0.349 e. The minimum Gasteiger partial charge on any atom is -0.458 e. The molecule has 2 atom stereocenters. The fourth-order valence-corrected chi connectivity index (χ4v) is 6.37. The van der Waals surface area contributed by atoms with E-state index in [2.05, 4.69) is 6.92 Å². The predicted octanol–water partition coefficient (Wildman–Crippen LogP) is 3.66. The first-order valence-electron chi connectivity index (χ1n) is 8.77. The van der Waals surface area contributed by atoms with E-state index in [0.717, 1.165) is 49.9 Å². The number of thiophene rings is 1. The molecule has 2 unspecified atom stereocenters. The zero-order valence-corrected chi connectivity index (χ0v) is 15.7. The summed E-state index contributed by atoms with van der Waals surface area (Å²) in [6.45, 7) is 3.23. The third-order valence-corrected chi connectivity index (χ3v) is 7.87. The number of sulfonamides is 1. The molecule has 2 aliphatic rings. The summed E-state index contributed by atoms with van der Waals surface area (Å²) < 4.78 is 32.8. The molecular weight excluding hydrogens is 346 g/mol. The lowest BCUT2D eigenvalue weighted by molar-refractivity contribution is 0.0156. The van der Waals surface area contributed by atoms with Gasteiger partial charge in [0, 0.05) is 13.1 Å². The monoisotopic (exact) mass is 371 g/mol. The summed E-state index contributed by atoms with van der Waals surface area (Å²) in [5.41, 5.74) is 0. The molecule has 0 aromatic carbocycles. The van der Waals surface area contributed by atoms with Gasteiger partial charge in [0.05, 0.1) is 0 Å². The molecule has 2 fully saturated rings. The van der Waals surface area contributed by atoms with Crippen LogP contribution in [-0.2, 0) is 14.8 Å². The van der Waals surface area contributed by atoms with Crippen LogP contribution in [0.4, 0.5) is 0 Å². The van der Waals surface area contributed by atoms with Crippen molar-refractivity contribution in [1.82, 2.24) is 4.31 Å². The van der Waals surface area contributed by atoms with Gasteiger partial charge in [0.25, 0.3) is 0 Å². The quantitative estimate of drug-likeness (QED) is 0.758. The molecule has 24 heavy (non-hydrogen) atoms. The van der Waals surface area contributed by atoms with Crippen LogP contribution in [0, 0.1) is 5.92 Å². The Hall–Kier alpha value is -0.920. The van der Waals surface area contributed by atoms with Gasteiger partial charge in [-0.2, -0.15) is 4.31 Å². The van der Waals surface area contributed by atoms with E-state index in [4.69, 9.17) is 4.74 Å². The largest absolute Gasteiger partial charge is 0.458 e. The Labute approximate surface area is 148 Å². The SMILES string of the molecule is CC1CCCC(OC(=O)c2sccc2S(=O)(=O)N2CCCCC2)C1. The summed E-state index contributed by atoms with van der Waals surface area (Å²) in [7, 11) is -3.60. The number of carbonyl (C=O) groups excluding carboxylic acids is 1. The van der Waals surface area contributed by atoms with Crippen LogP contribution in [0.3, 0.4) is 0 Å². The second-order valence-corrected chi connectivity index (χ2v) is 9.70. The Kier molecular flexibility index (Phi) is 5.62. The Morgan fingerprint density at radius 3 is 2.67 bits per heavy atom. The maximum atomic E-state index is 12.8. The fourth-order valence-electron chi connectivity index (χ4n) is 3.58. The first kappa shape index (κ1) is 17.9. The second kappa shape index (κ2) is 7.54. The predicted molar refractivity (Wildman–Crippen MR) is 93.8 cm³/mol. The summed E-state index contributed by atoms with van der Waals surface area (Å²) in [5.74, 6) is 0.0659. The number of esters is 1. The highest BCUT2D eigenvalue weighted by Crippen LogP contribution is 2.30. The third kappa shape index (κ3) is 3.83. The molecule has 0 N–H and O–H groups in total. The van der Waals surface area contributed by atoms with E-state index in [9.17, 15) is 13.2 Å². The lowest BCUT2D eigenvalue weighted by Gasteiger charge is -2.27. The van der Waals surface area contributed by atoms with Crippen LogP contribution >= 0.6 is 11.3 Å². The fraction of sp³-hybridized carbons (Fsp3) is 0.706. The van der Waals surface area contributed by atoms with E-state index in [-0.39, 0.29) is 15.9 Å². The van der Waals surface area contributed by atoms with Crippen LogP contribution in [0.2, 0.25) is 0 Å². The molecule has 0 spiro atoms. The normalized spacial score (nSPS) is 26.2. The first-order chi connectivity index (χ1) is 11.5. The van der Waals surface area contributed by atoms with E-state index < -0.39 is 16.0 Å². The minimum atomic E-state index is -3.60. The van der Waals surface area contributed by atoms with Crippen LogP contribution in [0.1, 0.15) is 61.5 Å². The maximum absolute atomic E-state index is 12.8. The average molecular weight is 372 g/mol. The van der Waals surface area contributed by atoms with Crippen molar-refractivity contribution < 1.29 is 17.9 Å². The minimum absolute atomic E-state index is 0.0890. The number of carbonyl (C=O) groups is 1. The molecule has 7 heteroatoms. The molecular formula is C17H25NO4S2. The van der Waals surface area contributed by atoms with Crippen LogP contribution in [0.15, 0.2) is 16.3 Å². The van der Waals surface area contributed by atoms with E-state index in [1.165, 1.54) is 16.8 Å². The average Bonchev–Trinajstić information content (AvgIpc) is 3.06. The second-order valence-electron chi connectivity index (χ2n) is 6.88. The van der Waals surface area contributed by atoms with E-state index >= 15 is 0 Å². The molecule has 1 aromatic heterocycles. The van der Waals surface area contributed by atoms with Crippen LogP contribution < -0.4 is 0 Å². The first-order valence-corrected chi connectivity index (χ1v) is 11.1. The highest BCUT2D eigenvalue weighted by Gasteiger charge is 2.32. The number of hydrogen-bond donors (Lipinski definition) is 0. The van der Waals surface area contributed by atoms with Crippen molar-refractivity contribution in [3.8, 4) is 0 Å². The van der Waals surface area contributed by atoms with Gasteiger partial charge in [0.2, 0.25) is 10.0 Å². The Morgan fingerprint density at radius 2 is 1.96 bits per heavy atom. The van der Waals surface area contributed by atoms with E-state index in [0.29, 0.717) is 19.0 Å². The third-order valence-electron chi connectivity index (χ3n) is 4.91. The van der Waals surface area contributed by atoms with Crippen molar-refractivity contribution in [2.45, 2.75) is 62.9 Å². The van der Waals surface area contributed by atoms with Crippen molar-refractivity contribution in [3.63, 3.8) is 0 Å². The van der Waals surface area contributed by atoms with Gasteiger partial charge in [0.1, 0.15) is 15.9 Å². The summed E-state index contributed by atoms with van der Waals surface area (Å²) in [4.78, 5) is 12.9. The van der Waals surface area contributed by atoms with Crippen molar-refractivity contribution in [1.29, 1.82) is 0 Å². The molecule has 1 aliphatic heterocycles. The topological polar surface area (TPSA) is 63.7 Å². The molecule has 1 aliphatic carbocycles. The van der Waals surface area contributed by atoms with Crippen molar-refractivity contribution >= 4 is 27.3 Å². The Morgan fingerprint density at radius 1 is 1.21 bits per heavy atom. The van der Waals surface area contributed by atoms with Crippen molar-refractivity contribution in [2.75, 3.05) is 13.1 Å². The van der Waals surface area contributed by atoms with Gasteiger partial charge in [-0.3, -0.25) is 0 Å². The number of nitrogens with zero attached hydrogens (tertiary/aromatic N) is 1. The van der Waals surface area contributed by atoms with Gasteiger partial charge in [-0.05, 0) is 49.5 Å². The van der Waals surface area contributed by atoms with Crippen molar-refractivity contribution in [2.24, 2.45) is 5.92 Å². The zero-order chi connectivity index (χ0) is 17.2. The van der Waals surface area contributed by atoms with Gasteiger partial charge in [0.15, 0.2) is 0 Å². The van der Waals surface area contributed by atoms with Gasteiger partial charge < -0.3 is 4.74 Å². The molecule has 1 saturated carbocycles. The highest BCUT2D eigenvalue weighted by atomic mass is 32.2. The number of rotatable bonds is 4. The van der Waals surface area contributed by atoms with Crippen LogP contribution in [0.25, 0.3) is 0 Å². The number of ether oxygens (including phenoxy) is 1. The molecule has 0 bridgehead atoms. The molecule has 5 nitrogen and oxygen atoms in total. The van der Waals surface area contributed by atoms with Gasteiger partial charge in [-0.25, -0.2) is 13.2 Å². The molecule has 1 saturated heterocycles. The summed E-state index contributed by atoms with van der Waals surface area (Å²) in [6.07, 6.45) is 6.69. The van der Waals surface area contributed by atoms with E-state index in [1.54, 1.807) is 5.38 Å². The van der Waals surface area contributed by atoms with Crippen LogP contribution in [0.5, 0.6) is 0 Å². The number of piperidine rings is 1. The number of hydrogen-bond acceptors (Lipinski definition) is 5. The van der Waals surface area contributed by atoms with Crippen LogP contribution in [-0.4, -0.2) is 37.9 Å². The highest BCUT2D eigenvalue weighted by molar-refractivity contribution is 7.89. The molecule has 3 rings (SSSR count). The zero-order valence-electron chi connectivity index (χ0n) is 14.1. The standard InChI is InChI=1S/C17H25NO4S2/c1-13-6-5-7-14(12-13)22-17(19)16-15(8-11-23-16)24(20,21)18-9-3-2-4-10-18/h8,11,13-14H,2-7,9-10,12H2,1H3. The van der Waals surface area contributed by atoms with Gasteiger partial charge >= 0.3 is 5.97 Å². The molecule has 0 radical (unpaired) electrons. The lowest BCUT2D eigenvalue weighted by Crippen LogP contribution is -2.36. The summed E-state index contributed by atoms with van der Waals surface area (Å²) in [5, 5.41) is 1.66. The lowest BCUT2D eigenvalue weighted by atomic mass is 9.89. The molecule has 1 aromatic rings. The Balaban J connectivity index is 1.75. The molecule has 134 valence electrons. The van der Waals surface area contributed by atoms with Gasteiger partial charge in [-0.15, -0.1) is 11.3 Å². The van der Waals surface area contributed by atoms with Crippen molar-refractivity contribution in [3.05, 3.63) is 16.3 Å². The molecule has 0 amide bonds. The molecule has 2 heterocycles. The van der Waals surface area contributed by atoms with Gasteiger partial charge in [-0.1, -0.05) is 19.8 Å². The summed E-state index contributed by atoms with van der Waals surface area (Å²) >= 11 is 1.16. The maximum Gasteiger partial charge on any atom is 0.349 e.